The number of imidazole rings is 1. The summed E-state index contributed by atoms with van der Waals surface area (Å²) in [6, 6.07) is 4.84. The van der Waals surface area contributed by atoms with Gasteiger partial charge in [-0.3, -0.25) is 0 Å². The molecule has 2 amide bonds. The summed E-state index contributed by atoms with van der Waals surface area (Å²) in [4.78, 5) is 18.0. The van der Waals surface area contributed by atoms with Crippen LogP contribution in [0.1, 0.15) is 0 Å². The first kappa shape index (κ1) is 18.3. The molecule has 10 nitrogen and oxygen atoms in total. The SMILES string of the molecule is O=C(Nc1ccc2c(c1)OCO2)N1CC2(C1)CS(=O)(=O)[C@@H](Cn1ccnc1)CO2. The summed E-state index contributed by atoms with van der Waals surface area (Å²) >= 11 is 0. The van der Waals surface area contributed by atoms with E-state index in [9.17, 15) is 13.2 Å². The molecular formula is C18H20N4O6S. The van der Waals surface area contributed by atoms with Gasteiger partial charge >= 0.3 is 6.03 Å². The summed E-state index contributed by atoms with van der Waals surface area (Å²) in [5.74, 6) is 1.12. The van der Waals surface area contributed by atoms with Crippen LogP contribution in [0.4, 0.5) is 10.5 Å². The largest absolute Gasteiger partial charge is 0.454 e. The third-order valence-corrected chi connectivity index (χ3v) is 7.62. The number of ether oxygens (including phenoxy) is 3. The number of hydrogen-bond donors (Lipinski definition) is 1. The molecule has 3 aliphatic rings. The van der Waals surface area contributed by atoms with Crippen molar-refractivity contribution in [2.24, 2.45) is 0 Å². The van der Waals surface area contributed by atoms with Gasteiger partial charge in [0.2, 0.25) is 6.79 Å². The standard InChI is InChI=1S/C18H20N4O6S/c23-17(20-13-1-2-15-16(5-13)27-12-26-15)22-8-18(9-22)10-29(24,25)14(7-28-18)6-21-4-3-19-11-21/h1-5,11,14H,6-10,12H2,(H,20,23)/t14-/m0/s1. The van der Waals surface area contributed by atoms with E-state index in [4.69, 9.17) is 14.2 Å². The number of likely N-dealkylation sites (tertiary alicyclic amines) is 1. The Bertz CT molecular complexity index is 1030. The van der Waals surface area contributed by atoms with Gasteiger partial charge in [0.05, 0.1) is 31.8 Å². The minimum atomic E-state index is -3.35. The molecule has 2 fully saturated rings. The van der Waals surface area contributed by atoms with Gasteiger partial charge in [-0.25, -0.2) is 18.2 Å². The molecule has 1 atom stereocenters. The predicted octanol–water partition coefficient (Wildman–Crippen LogP) is 0.712. The second-order valence-electron chi connectivity index (χ2n) is 7.54. The van der Waals surface area contributed by atoms with Gasteiger partial charge in [0.15, 0.2) is 21.3 Å². The fraction of sp³-hybridized carbons (Fsp3) is 0.444. The maximum absolute atomic E-state index is 12.7. The molecule has 1 N–H and O–H groups in total. The van der Waals surface area contributed by atoms with E-state index in [0.717, 1.165) is 0 Å². The second-order valence-corrected chi connectivity index (χ2v) is 9.82. The van der Waals surface area contributed by atoms with Crippen LogP contribution in [0.2, 0.25) is 0 Å². The van der Waals surface area contributed by atoms with Crippen molar-refractivity contribution in [3.05, 3.63) is 36.9 Å². The lowest BCUT2D eigenvalue weighted by atomic mass is 9.96. The zero-order valence-corrected chi connectivity index (χ0v) is 16.3. The second kappa shape index (κ2) is 6.63. The van der Waals surface area contributed by atoms with Crippen LogP contribution < -0.4 is 14.8 Å². The van der Waals surface area contributed by atoms with E-state index in [1.165, 1.54) is 4.90 Å². The normalized spacial score (nSPS) is 23.6. The predicted molar refractivity (Wildman–Crippen MR) is 102 cm³/mol. The Morgan fingerprint density at radius 2 is 2.10 bits per heavy atom. The molecule has 29 heavy (non-hydrogen) atoms. The summed E-state index contributed by atoms with van der Waals surface area (Å²) in [5, 5.41) is 2.18. The lowest BCUT2D eigenvalue weighted by molar-refractivity contribution is -0.117. The summed E-state index contributed by atoms with van der Waals surface area (Å²) in [5.41, 5.74) is -0.242. The molecule has 11 heteroatoms. The highest BCUT2D eigenvalue weighted by Crippen LogP contribution is 2.36. The minimum absolute atomic E-state index is 0.0901. The summed E-state index contributed by atoms with van der Waals surface area (Å²) in [6.45, 7) is 1.06. The number of nitrogens with zero attached hydrogens (tertiary/aromatic N) is 3. The number of benzene rings is 1. The molecule has 154 valence electrons. The molecular weight excluding hydrogens is 400 g/mol. The van der Waals surface area contributed by atoms with Crippen molar-refractivity contribution in [1.29, 1.82) is 0 Å². The van der Waals surface area contributed by atoms with Crippen LogP contribution in [0.5, 0.6) is 11.5 Å². The summed E-state index contributed by atoms with van der Waals surface area (Å²) < 4.78 is 43.7. The van der Waals surface area contributed by atoms with E-state index < -0.39 is 20.7 Å². The third kappa shape index (κ3) is 3.40. The van der Waals surface area contributed by atoms with Crippen molar-refractivity contribution in [3.63, 3.8) is 0 Å². The van der Waals surface area contributed by atoms with E-state index in [1.807, 2.05) is 0 Å². The number of amides is 2. The maximum Gasteiger partial charge on any atom is 0.322 e. The van der Waals surface area contributed by atoms with E-state index in [2.05, 4.69) is 10.3 Å². The van der Waals surface area contributed by atoms with E-state index in [0.29, 0.717) is 23.7 Å². The van der Waals surface area contributed by atoms with Gasteiger partial charge in [0, 0.05) is 30.7 Å². The first-order valence-electron chi connectivity index (χ1n) is 9.19. The Labute approximate surface area is 167 Å². The monoisotopic (exact) mass is 420 g/mol. The summed E-state index contributed by atoms with van der Waals surface area (Å²) in [6.07, 6.45) is 4.93. The number of aromatic nitrogens is 2. The quantitative estimate of drug-likeness (QED) is 0.778. The Morgan fingerprint density at radius 3 is 2.86 bits per heavy atom. The van der Waals surface area contributed by atoms with E-state index in [1.54, 1.807) is 41.5 Å². The first-order valence-corrected chi connectivity index (χ1v) is 10.9. The number of sulfone groups is 1. The number of nitrogens with one attached hydrogen (secondary N) is 1. The van der Waals surface area contributed by atoms with Gasteiger partial charge in [-0.2, -0.15) is 0 Å². The average Bonchev–Trinajstić information content (AvgIpc) is 3.32. The van der Waals surface area contributed by atoms with Crippen LogP contribution in [-0.4, -0.2) is 72.0 Å². The van der Waals surface area contributed by atoms with Gasteiger partial charge in [-0.15, -0.1) is 0 Å². The molecule has 5 rings (SSSR count). The minimum Gasteiger partial charge on any atom is -0.454 e. The topological polar surface area (TPSA) is 112 Å². The zero-order valence-electron chi connectivity index (χ0n) is 15.5. The van der Waals surface area contributed by atoms with Crippen molar-refractivity contribution < 1.29 is 27.4 Å². The molecule has 3 aliphatic heterocycles. The molecule has 1 aromatic carbocycles. The molecule has 0 bridgehead atoms. The summed E-state index contributed by atoms with van der Waals surface area (Å²) in [7, 11) is -3.35. The lowest BCUT2D eigenvalue weighted by Crippen LogP contribution is -2.71. The molecule has 1 aromatic heterocycles. The van der Waals surface area contributed by atoms with Crippen LogP contribution in [0.15, 0.2) is 36.9 Å². The molecule has 0 radical (unpaired) electrons. The zero-order chi connectivity index (χ0) is 20.1. The van der Waals surface area contributed by atoms with Crippen molar-refractivity contribution in [2.75, 3.05) is 37.6 Å². The molecule has 0 unspecified atom stereocenters. The molecule has 4 heterocycles. The lowest BCUT2D eigenvalue weighted by Gasteiger charge is -2.51. The van der Waals surface area contributed by atoms with Crippen molar-refractivity contribution >= 4 is 21.6 Å². The Kier molecular flexibility index (Phi) is 4.17. The van der Waals surface area contributed by atoms with Crippen molar-refractivity contribution in [1.82, 2.24) is 14.5 Å². The number of hydrogen-bond acceptors (Lipinski definition) is 7. The number of fused-ring (bicyclic) bond motifs is 1. The Morgan fingerprint density at radius 1 is 1.28 bits per heavy atom. The highest BCUT2D eigenvalue weighted by molar-refractivity contribution is 7.92. The molecule has 0 aliphatic carbocycles. The smallest absolute Gasteiger partial charge is 0.322 e. The average molecular weight is 420 g/mol. The van der Waals surface area contributed by atoms with Crippen LogP contribution >= 0.6 is 0 Å². The maximum atomic E-state index is 12.7. The van der Waals surface area contributed by atoms with Crippen molar-refractivity contribution in [2.45, 2.75) is 17.4 Å². The van der Waals surface area contributed by atoms with Crippen LogP contribution in [0, 0.1) is 0 Å². The van der Waals surface area contributed by atoms with Gasteiger partial charge in [-0.1, -0.05) is 0 Å². The first-order chi connectivity index (χ1) is 13.9. The molecule has 2 saturated heterocycles. The third-order valence-electron chi connectivity index (χ3n) is 5.39. The van der Waals surface area contributed by atoms with Crippen LogP contribution in [0.25, 0.3) is 0 Å². The molecule has 0 saturated carbocycles. The highest BCUT2D eigenvalue weighted by Gasteiger charge is 2.53. The van der Waals surface area contributed by atoms with Crippen LogP contribution in [-0.2, 0) is 21.1 Å². The van der Waals surface area contributed by atoms with Gasteiger partial charge in [-0.05, 0) is 12.1 Å². The van der Waals surface area contributed by atoms with Gasteiger partial charge in [0.1, 0.15) is 10.9 Å². The number of rotatable bonds is 3. The van der Waals surface area contributed by atoms with Crippen molar-refractivity contribution in [3.8, 4) is 11.5 Å². The molecule has 2 aromatic rings. The Hall–Kier alpha value is -2.79. The van der Waals surface area contributed by atoms with Gasteiger partial charge in [0.25, 0.3) is 0 Å². The van der Waals surface area contributed by atoms with E-state index in [-0.39, 0.29) is 38.3 Å². The van der Waals surface area contributed by atoms with E-state index >= 15 is 0 Å². The molecule has 1 spiro atoms. The van der Waals surface area contributed by atoms with Gasteiger partial charge < -0.3 is 29.0 Å². The Balaban J connectivity index is 1.18. The fourth-order valence-electron chi connectivity index (χ4n) is 3.85. The number of urea groups is 1. The number of carbonyl (C=O) groups excluding carboxylic acids is 1. The fourth-order valence-corrected chi connectivity index (χ4v) is 5.76. The highest BCUT2D eigenvalue weighted by atomic mass is 32.2. The number of anilines is 1. The van der Waals surface area contributed by atoms with Crippen LogP contribution in [0.3, 0.4) is 0 Å². The number of carbonyl (C=O) groups is 1.